The molecule has 6 heteroatoms. The molecule has 0 aliphatic carbocycles. The molecule has 1 fully saturated rings. The third-order valence-electron chi connectivity index (χ3n) is 4.05. The van der Waals surface area contributed by atoms with E-state index in [0.717, 1.165) is 24.5 Å². The molecule has 1 aromatic heterocycles. The van der Waals surface area contributed by atoms with Crippen LogP contribution in [0.5, 0.6) is 5.75 Å². The summed E-state index contributed by atoms with van der Waals surface area (Å²) < 4.78 is 7.66. The molecule has 124 valence electrons. The third-order valence-corrected chi connectivity index (χ3v) is 4.31. The Labute approximate surface area is 141 Å². The van der Waals surface area contributed by atoms with Crippen LogP contribution < -0.4 is 4.74 Å². The maximum atomic E-state index is 10.1. The average molecular weight is 336 g/mol. The van der Waals surface area contributed by atoms with Crippen molar-refractivity contribution in [2.75, 3.05) is 26.2 Å². The Morgan fingerprint density at radius 3 is 2.61 bits per heavy atom. The molecule has 2 aromatic rings. The molecule has 0 unspecified atom stereocenters. The molecular formula is C17H22ClN3O2. The van der Waals surface area contributed by atoms with Crippen LogP contribution in [0.1, 0.15) is 17.4 Å². The fourth-order valence-corrected chi connectivity index (χ4v) is 3.06. The number of aliphatic hydroxyl groups is 1. The Kier molecular flexibility index (Phi) is 4.90. The van der Waals surface area contributed by atoms with Gasteiger partial charge in [0, 0.05) is 30.4 Å². The van der Waals surface area contributed by atoms with Gasteiger partial charge in [0.15, 0.2) is 0 Å². The highest BCUT2D eigenvalue weighted by Gasteiger charge is 2.30. The predicted molar refractivity (Wildman–Crippen MR) is 90.1 cm³/mol. The van der Waals surface area contributed by atoms with E-state index in [1.807, 2.05) is 6.92 Å². The number of β-amino-alcohol motifs (C(OH)–C–C–N with tert-alkyl or cyclic N) is 1. The second-order valence-electron chi connectivity index (χ2n) is 6.16. The van der Waals surface area contributed by atoms with Crippen molar-refractivity contribution in [3.05, 3.63) is 46.7 Å². The Balaban J connectivity index is 1.41. The SMILES string of the molecule is Cc1cc(C)n(C2CN(C[C@@H](O)COc3ccc(Cl)cc3)C2)n1. The highest BCUT2D eigenvalue weighted by molar-refractivity contribution is 6.30. The summed E-state index contributed by atoms with van der Waals surface area (Å²) in [5, 5.41) is 15.3. The van der Waals surface area contributed by atoms with Crippen LogP contribution in [0.25, 0.3) is 0 Å². The minimum Gasteiger partial charge on any atom is -0.491 e. The van der Waals surface area contributed by atoms with Crippen molar-refractivity contribution in [1.29, 1.82) is 0 Å². The van der Waals surface area contributed by atoms with Gasteiger partial charge in [-0.2, -0.15) is 5.10 Å². The zero-order chi connectivity index (χ0) is 16.4. The lowest BCUT2D eigenvalue weighted by Gasteiger charge is -2.40. The number of hydrogen-bond acceptors (Lipinski definition) is 4. The lowest BCUT2D eigenvalue weighted by molar-refractivity contribution is 0.0199. The number of aromatic nitrogens is 2. The molecule has 0 spiro atoms. The minimum atomic E-state index is -0.507. The largest absolute Gasteiger partial charge is 0.491 e. The van der Waals surface area contributed by atoms with E-state index in [2.05, 4.69) is 27.7 Å². The number of benzene rings is 1. The zero-order valence-electron chi connectivity index (χ0n) is 13.4. The minimum absolute atomic E-state index is 0.280. The van der Waals surface area contributed by atoms with Gasteiger partial charge in [-0.1, -0.05) is 11.6 Å². The molecule has 1 atom stereocenters. The second kappa shape index (κ2) is 6.91. The molecule has 0 bridgehead atoms. The fraction of sp³-hybridized carbons (Fsp3) is 0.471. The van der Waals surface area contributed by atoms with Gasteiger partial charge in [0.1, 0.15) is 18.5 Å². The molecule has 0 radical (unpaired) electrons. The van der Waals surface area contributed by atoms with Gasteiger partial charge >= 0.3 is 0 Å². The number of aliphatic hydroxyl groups excluding tert-OH is 1. The first-order valence-electron chi connectivity index (χ1n) is 7.83. The molecule has 0 saturated carbocycles. The van der Waals surface area contributed by atoms with Gasteiger partial charge in [-0.15, -0.1) is 0 Å². The van der Waals surface area contributed by atoms with Gasteiger partial charge < -0.3 is 9.84 Å². The third kappa shape index (κ3) is 4.05. The number of likely N-dealkylation sites (tertiary alicyclic amines) is 1. The van der Waals surface area contributed by atoms with Crippen LogP contribution >= 0.6 is 11.6 Å². The van der Waals surface area contributed by atoms with E-state index in [0.29, 0.717) is 17.6 Å². The van der Waals surface area contributed by atoms with Crippen molar-refractivity contribution in [2.45, 2.75) is 26.0 Å². The highest BCUT2D eigenvalue weighted by atomic mass is 35.5. The molecule has 1 aromatic carbocycles. The summed E-state index contributed by atoms with van der Waals surface area (Å²) in [5.74, 6) is 0.720. The van der Waals surface area contributed by atoms with Crippen LogP contribution in [0.2, 0.25) is 5.02 Å². The molecule has 2 heterocycles. The number of halogens is 1. The van der Waals surface area contributed by atoms with Crippen LogP contribution in [0.3, 0.4) is 0 Å². The highest BCUT2D eigenvalue weighted by Crippen LogP contribution is 2.23. The summed E-state index contributed by atoms with van der Waals surface area (Å²) >= 11 is 5.83. The van der Waals surface area contributed by atoms with Crippen molar-refractivity contribution in [2.24, 2.45) is 0 Å². The summed E-state index contributed by atoms with van der Waals surface area (Å²) in [5.41, 5.74) is 2.25. The first-order chi connectivity index (χ1) is 11.0. The van der Waals surface area contributed by atoms with E-state index in [1.165, 1.54) is 5.69 Å². The van der Waals surface area contributed by atoms with Crippen molar-refractivity contribution < 1.29 is 9.84 Å². The van der Waals surface area contributed by atoms with Crippen molar-refractivity contribution in [1.82, 2.24) is 14.7 Å². The van der Waals surface area contributed by atoms with Crippen molar-refractivity contribution in [3.8, 4) is 5.75 Å². The monoisotopic (exact) mass is 335 g/mol. The van der Waals surface area contributed by atoms with E-state index >= 15 is 0 Å². The summed E-state index contributed by atoms with van der Waals surface area (Å²) in [6.07, 6.45) is -0.507. The zero-order valence-corrected chi connectivity index (χ0v) is 14.2. The van der Waals surface area contributed by atoms with E-state index in [9.17, 15) is 5.11 Å². The van der Waals surface area contributed by atoms with Gasteiger partial charge in [0.05, 0.1) is 11.7 Å². The normalized spacial score (nSPS) is 17.0. The van der Waals surface area contributed by atoms with E-state index in [4.69, 9.17) is 16.3 Å². The quantitative estimate of drug-likeness (QED) is 0.881. The summed E-state index contributed by atoms with van der Waals surface area (Å²) in [7, 11) is 0. The summed E-state index contributed by atoms with van der Waals surface area (Å²) in [6, 6.07) is 9.66. The van der Waals surface area contributed by atoms with Crippen LogP contribution in [-0.2, 0) is 0 Å². The Morgan fingerprint density at radius 1 is 1.30 bits per heavy atom. The fourth-order valence-electron chi connectivity index (χ4n) is 2.94. The molecule has 3 rings (SSSR count). The smallest absolute Gasteiger partial charge is 0.119 e. The molecule has 0 amide bonds. The number of nitrogens with zero attached hydrogens (tertiary/aromatic N) is 3. The molecule has 1 saturated heterocycles. The first-order valence-corrected chi connectivity index (χ1v) is 8.20. The number of ether oxygens (including phenoxy) is 1. The van der Waals surface area contributed by atoms with Gasteiger partial charge in [0.25, 0.3) is 0 Å². The van der Waals surface area contributed by atoms with Crippen LogP contribution in [-0.4, -0.2) is 52.1 Å². The van der Waals surface area contributed by atoms with Crippen molar-refractivity contribution >= 4 is 11.6 Å². The maximum Gasteiger partial charge on any atom is 0.119 e. The van der Waals surface area contributed by atoms with E-state index in [1.54, 1.807) is 24.3 Å². The van der Waals surface area contributed by atoms with Crippen LogP contribution in [0.15, 0.2) is 30.3 Å². The molecule has 23 heavy (non-hydrogen) atoms. The predicted octanol–water partition coefficient (Wildman–Crippen LogP) is 2.45. The Bertz CT molecular complexity index is 650. The topological polar surface area (TPSA) is 50.5 Å². The molecule has 5 nitrogen and oxygen atoms in total. The second-order valence-corrected chi connectivity index (χ2v) is 6.60. The van der Waals surface area contributed by atoms with Gasteiger partial charge in [-0.25, -0.2) is 0 Å². The maximum absolute atomic E-state index is 10.1. The summed E-state index contributed by atoms with van der Waals surface area (Å²) in [6.45, 7) is 6.82. The molecule has 1 N–H and O–H groups in total. The Morgan fingerprint density at radius 2 is 2.00 bits per heavy atom. The van der Waals surface area contributed by atoms with Crippen molar-refractivity contribution in [3.63, 3.8) is 0 Å². The van der Waals surface area contributed by atoms with E-state index < -0.39 is 6.10 Å². The molecule has 1 aliphatic heterocycles. The molecule has 1 aliphatic rings. The molecular weight excluding hydrogens is 314 g/mol. The standard InChI is InChI=1S/C17H22ClN3O2/c1-12-7-13(2)21(19-12)15-8-20(9-15)10-16(22)11-23-17-5-3-14(18)4-6-17/h3-7,15-16,22H,8-11H2,1-2H3/t16-/m1/s1. The van der Waals surface area contributed by atoms with Crippen LogP contribution in [0.4, 0.5) is 0 Å². The van der Waals surface area contributed by atoms with Gasteiger partial charge in [0.2, 0.25) is 0 Å². The lowest BCUT2D eigenvalue weighted by Crippen LogP contribution is -2.51. The number of rotatable bonds is 6. The van der Waals surface area contributed by atoms with Gasteiger partial charge in [-0.05, 0) is 44.2 Å². The van der Waals surface area contributed by atoms with Gasteiger partial charge in [-0.3, -0.25) is 9.58 Å². The first kappa shape index (κ1) is 16.3. The number of aryl methyl sites for hydroxylation is 2. The Hall–Kier alpha value is -1.56. The summed E-state index contributed by atoms with van der Waals surface area (Å²) in [4.78, 5) is 2.22. The lowest BCUT2D eigenvalue weighted by atomic mass is 10.1. The van der Waals surface area contributed by atoms with E-state index in [-0.39, 0.29) is 6.61 Å². The van der Waals surface area contributed by atoms with Crippen LogP contribution in [0, 0.1) is 13.8 Å². The number of hydrogen-bond donors (Lipinski definition) is 1. The average Bonchev–Trinajstić information content (AvgIpc) is 2.80.